The molecule has 0 aliphatic heterocycles. The number of pyridine rings is 1. The number of aldehydes is 1. The summed E-state index contributed by atoms with van der Waals surface area (Å²) in [5.41, 5.74) is 1.62. The van der Waals surface area contributed by atoms with E-state index in [2.05, 4.69) is 4.98 Å². The minimum Gasteiger partial charge on any atom is -0.491 e. The van der Waals surface area contributed by atoms with E-state index in [4.69, 9.17) is 4.74 Å². The zero-order chi connectivity index (χ0) is 15.2. The highest BCUT2D eigenvalue weighted by Crippen LogP contribution is 2.19. The van der Waals surface area contributed by atoms with Crippen molar-refractivity contribution >= 4 is 12.0 Å². The Labute approximate surface area is 121 Å². The number of ether oxygens (including phenoxy) is 1. The van der Waals surface area contributed by atoms with Crippen LogP contribution in [0.2, 0.25) is 0 Å². The normalized spacial score (nSPS) is 10.1. The van der Waals surface area contributed by atoms with Crippen molar-refractivity contribution in [3.63, 3.8) is 0 Å². The smallest absolute Gasteiger partial charge is 0.272 e. The Balaban J connectivity index is 2.05. The first-order valence-electron chi connectivity index (χ1n) is 6.39. The molecule has 0 amide bonds. The monoisotopic (exact) mass is 286 g/mol. The maximum atomic E-state index is 10.9. The van der Waals surface area contributed by atoms with Crippen LogP contribution in [0.5, 0.6) is 5.75 Å². The lowest BCUT2D eigenvalue weighted by molar-refractivity contribution is -0.385. The number of para-hydroxylation sites is 1. The predicted molar refractivity (Wildman–Crippen MR) is 76.7 cm³/mol. The maximum Gasteiger partial charge on any atom is 0.272 e. The van der Waals surface area contributed by atoms with Gasteiger partial charge in [-0.3, -0.25) is 14.9 Å². The second-order valence-electron chi connectivity index (χ2n) is 4.44. The van der Waals surface area contributed by atoms with Crippen molar-refractivity contribution in [2.75, 3.05) is 6.61 Å². The molecule has 21 heavy (non-hydrogen) atoms. The Kier molecular flexibility index (Phi) is 4.61. The molecule has 0 fully saturated rings. The van der Waals surface area contributed by atoms with E-state index in [1.165, 1.54) is 6.07 Å². The Morgan fingerprint density at radius 1 is 1.29 bits per heavy atom. The van der Waals surface area contributed by atoms with Gasteiger partial charge in [0, 0.05) is 23.7 Å². The number of nitro groups is 1. The standard InChI is InChI=1S/C15H14N2O4/c1-11-6-7-15(13(10-18)16-11)21-9-8-12-4-2-3-5-14(12)17(19)20/h2-7,10H,8-9H2,1H3. The Bertz CT molecular complexity index is 670. The third kappa shape index (κ3) is 3.62. The second kappa shape index (κ2) is 6.60. The first-order valence-corrected chi connectivity index (χ1v) is 6.39. The molecule has 0 saturated heterocycles. The van der Waals surface area contributed by atoms with Crippen molar-refractivity contribution in [2.45, 2.75) is 13.3 Å². The number of rotatable bonds is 6. The molecule has 0 unspecified atom stereocenters. The minimum atomic E-state index is -0.417. The van der Waals surface area contributed by atoms with Crippen molar-refractivity contribution in [1.29, 1.82) is 0 Å². The number of benzene rings is 1. The van der Waals surface area contributed by atoms with Crippen LogP contribution in [-0.2, 0) is 6.42 Å². The van der Waals surface area contributed by atoms with Crippen LogP contribution in [0.25, 0.3) is 0 Å². The van der Waals surface area contributed by atoms with E-state index in [9.17, 15) is 14.9 Å². The fraction of sp³-hybridized carbons (Fsp3) is 0.200. The van der Waals surface area contributed by atoms with Crippen LogP contribution in [0.1, 0.15) is 21.7 Å². The van der Waals surface area contributed by atoms with Crippen molar-refractivity contribution < 1.29 is 14.5 Å². The van der Waals surface area contributed by atoms with Gasteiger partial charge in [-0.25, -0.2) is 4.98 Å². The Morgan fingerprint density at radius 3 is 2.76 bits per heavy atom. The fourth-order valence-electron chi connectivity index (χ4n) is 1.94. The SMILES string of the molecule is Cc1ccc(OCCc2ccccc2[N+](=O)[O-])c(C=O)n1. The highest BCUT2D eigenvalue weighted by atomic mass is 16.6. The summed E-state index contributed by atoms with van der Waals surface area (Å²) in [6.45, 7) is 2.01. The molecule has 6 nitrogen and oxygen atoms in total. The van der Waals surface area contributed by atoms with Crippen molar-refractivity contribution in [1.82, 2.24) is 4.98 Å². The van der Waals surface area contributed by atoms with Crippen LogP contribution in [0.3, 0.4) is 0 Å². The van der Waals surface area contributed by atoms with Crippen LogP contribution < -0.4 is 4.74 Å². The number of hydrogen-bond acceptors (Lipinski definition) is 5. The summed E-state index contributed by atoms with van der Waals surface area (Å²) >= 11 is 0. The molecule has 0 aliphatic carbocycles. The van der Waals surface area contributed by atoms with Gasteiger partial charge >= 0.3 is 0 Å². The third-order valence-corrected chi connectivity index (χ3v) is 2.95. The lowest BCUT2D eigenvalue weighted by atomic mass is 10.1. The van der Waals surface area contributed by atoms with Gasteiger partial charge in [-0.05, 0) is 19.1 Å². The van der Waals surface area contributed by atoms with Gasteiger partial charge in [-0.1, -0.05) is 18.2 Å². The Morgan fingerprint density at radius 2 is 2.05 bits per heavy atom. The molecule has 0 spiro atoms. The van der Waals surface area contributed by atoms with Gasteiger partial charge in [-0.2, -0.15) is 0 Å². The molecule has 108 valence electrons. The summed E-state index contributed by atoms with van der Waals surface area (Å²) in [7, 11) is 0. The second-order valence-corrected chi connectivity index (χ2v) is 4.44. The number of carbonyl (C=O) groups is 1. The van der Waals surface area contributed by atoms with Crippen LogP contribution in [0, 0.1) is 17.0 Å². The van der Waals surface area contributed by atoms with E-state index in [-0.39, 0.29) is 18.0 Å². The lowest BCUT2D eigenvalue weighted by Crippen LogP contribution is -2.06. The van der Waals surface area contributed by atoms with E-state index in [1.807, 2.05) is 0 Å². The maximum absolute atomic E-state index is 10.9. The quantitative estimate of drug-likeness (QED) is 0.463. The fourth-order valence-corrected chi connectivity index (χ4v) is 1.94. The molecular weight excluding hydrogens is 272 g/mol. The number of hydrogen-bond donors (Lipinski definition) is 0. The van der Waals surface area contributed by atoms with Gasteiger partial charge in [0.1, 0.15) is 11.4 Å². The van der Waals surface area contributed by atoms with Crippen LogP contribution in [0.4, 0.5) is 5.69 Å². The molecule has 1 aromatic carbocycles. The molecular formula is C15H14N2O4. The first-order chi connectivity index (χ1) is 10.1. The molecule has 0 aliphatic rings. The average Bonchev–Trinajstić information content (AvgIpc) is 2.49. The number of nitrogens with zero attached hydrogens (tertiary/aromatic N) is 2. The first kappa shape index (κ1) is 14.6. The molecule has 2 rings (SSSR count). The average molecular weight is 286 g/mol. The molecule has 0 N–H and O–H groups in total. The molecule has 6 heteroatoms. The van der Waals surface area contributed by atoms with E-state index < -0.39 is 4.92 Å². The van der Waals surface area contributed by atoms with E-state index in [1.54, 1.807) is 37.3 Å². The van der Waals surface area contributed by atoms with Gasteiger partial charge in [0.15, 0.2) is 6.29 Å². The van der Waals surface area contributed by atoms with Crippen molar-refractivity contribution in [3.8, 4) is 5.75 Å². The van der Waals surface area contributed by atoms with Crippen molar-refractivity contribution in [2.24, 2.45) is 0 Å². The summed E-state index contributed by atoms with van der Waals surface area (Å²) in [5.74, 6) is 0.384. The summed E-state index contributed by atoms with van der Waals surface area (Å²) in [4.78, 5) is 25.5. The molecule has 0 atom stereocenters. The molecule has 0 radical (unpaired) electrons. The van der Waals surface area contributed by atoms with Gasteiger partial charge < -0.3 is 4.74 Å². The van der Waals surface area contributed by atoms with Gasteiger partial charge in [0.05, 0.1) is 11.5 Å². The van der Waals surface area contributed by atoms with Crippen LogP contribution in [-0.4, -0.2) is 22.8 Å². The predicted octanol–water partition coefficient (Wildman–Crippen LogP) is 2.73. The van der Waals surface area contributed by atoms with Crippen LogP contribution in [0.15, 0.2) is 36.4 Å². The van der Waals surface area contributed by atoms with Gasteiger partial charge in [0.25, 0.3) is 5.69 Å². The largest absolute Gasteiger partial charge is 0.491 e. The van der Waals surface area contributed by atoms with Crippen molar-refractivity contribution in [3.05, 3.63) is 63.5 Å². The Hall–Kier alpha value is -2.76. The number of aryl methyl sites for hydroxylation is 1. The van der Waals surface area contributed by atoms with Gasteiger partial charge in [0.2, 0.25) is 0 Å². The summed E-state index contributed by atoms with van der Waals surface area (Å²) in [6.07, 6.45) is 1.01. The van der Waals surface area contributed by atoms with E-state index in [0.717, 1.165) is 5.69 Å². The van der Waals surface area contributed by atoms with E-state index >= 15 is 0 Å². The summed E-state index contributed by atoms with van der Waals surface area (Å²) in [6, 6.07) is 9.93. The molecule has 2 aromatic rings. The summed E-state index contributed by atoms with van der Waals surface area (Å²) in [5, 5.41) is 10.9. The lowest BCUT2D eigenvalue weighted by Gasteiger charge is -2.08. The molecule has 0 saturated carbocycles. The van der Waals surface area contributed by atoms with Crippen LogP contribution >= 0.6 is 0 Å². The zero-order valence-electron chi connectivity index (χ0n) is 11.5. The minimum absolute atomic E-state index is 0.0683. The third-order valence-electron chi connectivity index (χ3n) is 2.95. The summed E-state index contributed by atoms with van der Waals surface area (Å²) < 4.78 is 5.51. The molecule has 0 bridgehead atoms. The van der Waals surface area contributed by atoms with E-state index in [0.29, 0.717) is 24.0 Å². The zero-order valence-corrected chi connectivity index (χ0v) is 11.5. The topological polar surface area (TPSA) is 82.3 Å². The molecule has 1 aromatic heterocycles. The molecule has 1 heterocycles. The highest BCUT2D eigenvalue weighted by molar-refractivity contribution is 5.76. The number of carbonyl (C=O) groups excluding carboxylic acids is 1. The highest BCUT2D eigenvalue weighted by Gasteiger charge is 2.12. The number of nitro benzene ring substituents is 1. The number of aromatic nitrogens is 1. The van der Waals surface area contributed by atoms with Gasteiger partial charge in [-0.15, -0.1) is 0 Å².